The van der Waals surface area contributed by atoms with Crippen molar-refractivity contribution in [3.05, 3.63) is 83.0 Å². The molecule has 186 valence electrons. The quantitative estimate of drug-likeness (QED) is 0.144. The average molecular weight is 502 g/mol. The van der Waals surface area contributed by atoms with Gasteiger partial charge < -0.3 is 15.7 Å². The van der Waals surface area contributed by atoms with E-state index in [1.807, 2.05) is 43.4 Å². The number of benzene rings is 3. The number of phenolic OH excluding ortho intramolecular Hbond substituents is 1. The first-order chi connectivity index (χ1) is 17.5. The second-order valence-corrected chi connectivity index (χ2v) is 9.44. The first kappa shape index (κ1) is 25.7. The van der Waals surface area contributed by atoms with Crippen molar-refractivity contribution in [3.63, 3.8) is 0 Å². The van der Waals surface area contributed by atoms with Crippen LogP contribution < -0.4 is 10.6 Å². The van der Waals surface area contributed by atoms with E-state index in [9.17, 15) is 9.90 Å². The maximum Gasteiger partial charge on any atom is 0.166 e. The van der Waals surface area contributed by atoms with Gasteiger partial charge in [0.15, 0.2) is 5.78 Å². The number of anilines is 2. The van der Waals surface area contributed by atoms with E-state index < -0.39 is 0 Å². The Bertz CT molecular complexity index is 1350. The minimum atomic E-state index is 0.0444. The summed E-state index contributed by atoms with van der Waals surface area (Å²) in [6.07, 6.45) is 6.37. The number of phenols is 1. The number of aromatic nitrogens is 1. The van der Waals surface area contributed by atoms with E-state index in [1.165, 1.54) is 5.56 Å². The van der Waals surface area contributed by atoms with Gasteiger partial charge in [0, 0.05) is 30.2 Å². The third-order valence-corrected chi connectivity index (χ3v) is 6.61. The van der Waals surface area contributed by atoms with Crippen LogP contribution in [0.3, 0.4) is 0 Å². The molecule has 4 aromatic rings. The Morgan fingerprint density at radius 3 is 2.44 bits per heavy atom. The minimum absolute atomic E-state index is 0.0444. The summed E-state index contributed by atoms with van der Waals surface area (Å²) in [6.45, 7) is 2.95. The van der Waals surface area contributed by atoms with Crippen LogP contribution in [0.2, 0.25) is 5.02 Å². The number of pyridine rings is 1. The number of aromatic hydroxyl groups is 1. The maximum atomic E-state index is 13.3. The molecule has 0 atom stereocenters. The third kappa shape index (κ3) is 6.04. The van der Waals surface area contributed by atoms with Crippen molar-refractivity contribution >= 4 is 39.7 Å². The van der Waals surface area contributed by atoms with Crippen molar-refractivity contribution in [1.29, 1.82) is 0 Å². The fourth-order valence-electron chi connectivity index (χ4n) is 4.31. The van der Waals surface area contributed by atoms with Gasteiger partial charge in [-0.25, -0.2) is 0 Å². The summed E-state index contributed by atoms with van der Waals surface area (Å²) < 4.78 is 0. The van der Waals surface area contributed by atoms with Crippen molar-refractivity contribution < 1.29 is 9.90 Å². The number of rotatable bonds is 11. The highest BCUT2D eigenvalue weighted by atomic mass is 35.5. The van der Waals surface area contributed by atoms with Gasteiger partial charge in [0.05, 0.1) is 21.8 Å². The van der Waals surface area contributed by atoms with Gasteiger partial charge in [0.2, 0.25) is 0 Å². The fourth-order valence-corrected chi connectivity index (χ4v) is 4.49. The van der Waals surface area contributed by atoms with Gasteiger partial charge in [0.1, 0.15) is 5.75 Å². The number of fused-ring (bicyclic) bond motifs is 1. The van der Waals surface area contributed by atoms with Crippen LogP contribution >= 0.6 is 11.6 Å². The number of halogens is 1. The Labute approximate surface area is 217 Å². The Morgan fingerprint density at radius 1 is 0.972 bits per heavy atom. The number of hydrogen-bond acceptors (Lipinski definition) is 5. The molecule has 0 aliphatic carbocycles. The highest BCUT2D eigenvalue weighted by Crippen LogP contribution is 2.35. The topological polar surface area (TPSA) is 74.2 Å². The lowest BCUT2D eigenvalue weighted by atomic mass is 9.98. The van der Waals surface area contributed by atoms with E-state index >= 15 is 0 Å². The van der Waals surface area contributed by atoms with Gasteiger partial charge in [-0.3, -0.25) is 9.78 Å². The second-order valence-electron chi connectivity index (χ2n) is 9.03. The summed E-state index contributed by atoms with van der Waals surface area (Å²) in [5.41, 5.74) is 6.03. The first-order valence-corrected chi connectivity index (χ1v) is 12.8. The maximum absolute atomic E-state index is 13.3. The zero-order valence-corrected chi connectivity index (χ0v) is 21.5. The normalized spacial score (nSPS) is 11.1. The molecule has 3 aromatic carbocycles. The molecule has 6 heteroatoms. The van der Waals surface area contributed by atoms with Crippen LogP contribution in [-0.4, -0.2) is 22.9 Å². The zero-order valence-electron chi connectivity index (χ0n) is 20.8. The number of unbranched alkanes of at least 4 members (excludes halogenated alkanes) is 3. The standard InChI is InChI=1S/C30H32ClN3O2/c1-3-4-5-6-7-28(35)25-19-33-27-14-10-21(22-11-15-29(36)26(31)17-22)16-24(27)30(25)34-23-12-8-20(9-13-23)18-32-2/h8-17,19,32,36H,3-7,18H2,1-2H3,(H,33,34). The highest BCUT2D eigenvalue weighted by molar-refractivity contribution is 6.32. The van der Waals surface area contributed by atoms with Crippen molar-refractivity contribution in [2.45, 2.75) is 45.6 Å². The Hall–Kier alpha value is -3.41. The van der Waals surface area contributed by atoms with Gasteiger partial charge >= 0.3 is 0 Å². The monoisotopic (exact) mass is 501 g/mol. The molecular weight excluding hydrogens is 470 g/mol. The van der Waals surface area contributed by atoms with Gasteiger partial charge in [0.25, 0.3) is 0 Å². The number of Topliss-reactive ketones (excluding diaryl/α,β-unsaturated/α-hetero) is 1. The van der Waals surface area contributed by atoms with Crippen molar-refractivity contribution in [2.24, 2.45) is 0 Å². The lowest BCUT2D eigenvalue weighted by Gasteiger charge is -2.16. The van der Waals surface area contributed by atoms with Gasteiger partial charge in [-0.1, -0.05) is 62.1 Å². The van der Waals surface area contributed by atoms with Crippen LogP contribution in [0, 0.1) is 0 Å². The molecule has 0 saturated heterocycles. The van der Waals surface area contributed by atoms with E-state index in [4.69, 9.17) is 11.6 Å². The number of nitrogens with one attached hydrogen (secondary N) is 2. The molecule has 3 N–H and O–H groups in total. The number of ketones is 1. The zero-order chi connectivity index (χ0) is 25.5. The van der Waals surface area contributed by atoms with Crippen LogP contribution in [0.5, 0.6) is 5.75 Å². The van der Waals surface area contributed by atoms with E-state index in [0.717, 1.165) is 65.6 Å². The molecule has 0 fully saturated rings. The van der Waals surface area contributed by atoms with Crippen LogP contribution in [0.25, 0.3) is 22.0 Å². The van der Waals surface area contributed by atoms with Crippen molar-refractivity contribution in [3.8, 4) is 16.9 Å². The summed E-state index contributed by atoms with van der Waals surface area (Å²) in [4.78, 5) is 17.9. The van der Waals surface area contributed by atoms with E-state index in [2.05, 4.69) is 34.7 Å². The lowest BCUT2D eigenvalue weighted by Crippen LogP contribution is -2.07. The fraction of sp³-hybridized carbons (Fsp3) is 0.267. The molecule has 0 radical (unpaired) electrons. The highest BCUT2D eigenvalue weighted by Gasteiger charge is 2.17. The Balaban J connectivity index is 1.77. The van der Waals surface area contributed by atoms with Crippen molar-refractivity contribution in [2.75, 3.05) is 12.4 Å². The van der Waals surface area contributed by atoms with E-state index in [-0.39, 0.29) is 11.5 Å². The van der Waals surface area contributed by atoms with Gasteiger partial charge in [-0.2, -0.15) is 0 Å². The molecule has 1 aromatic heterocycles. The minimum Gasteiger partial charge on any atom is -0.506 e. The molecule has 0 bridgehead atoms. The molecule has 0 aliphatic heterocycles. The predicted octanol–water partition coefficient (Wildman–Crippen LogP) is 7.88. The Kier molecular flexibility index (Phi) is 8.57. The Morgan fingerprint density at radius 2 is 1.72 bits per heavy atom. The smallest absolute Gasteiger partial charge is 0.166 e. The summed E-state index contributed by atoms with van der Waals surface area (Å²) in [5, 5.41) is 17.7. The number of hydrogen-bond donors (Lipinski definition) is 3. The average Bonchev–Trinajstić information content (AvgIpc) is 2.89. The summed E-state index contributed by atoms with van der Waals surface area (Å²) in [6, 6.07) is 19.3. The van der Waals surface area contributed by atoms with E-state index in [0.29, 0.717) is 17.0 Å². The molecule has 0 amide bonds. The molecule has 0 aliphatic rings. The second kappa shape index (κ2) is 12.0. The van der Waals surface area contributed by atoms with Crippen LogP contribution in [-0.2, 0) is 6.54 Å². The molecule has 4 rings (SSSR count). The first-order valence-electron chi connectivity index (χ1n) is 12.5. The molecular formula is C30H32ClN3O2. The largest absolute Gasteiger partial charge is 0.506 e. The number of carbonyl (C=O) groups is 1. The molecule has 36 heavy (non-hydrogen) atoms. The van der Waals surface area contributed by atoms with Crippen molar-refractivity contribution in [1.82, 2.24) is 10.3 Å². The van der Waals surface area contributed by atoms with Crippen LogP contribution in [0.1, 0.15) is 54.9 Å². The van der Waals surface area contributed by atoms with Crippen LogP contribution in [0.4, 0.5) is 11.4 Å². The number of nitrogens with zero attached hydrogens (tertiary/aromatic N) is 1. The summed E-state index contributed by atoms with van der Waals surface area (Å²) in [7, 11) is 1.92. The summed E-state index contributed by atoms with van der Waals surface area (Å²) in [5.74, 6) is 0.135. The third-order valence-electron chi connectivity index (χ3n) is 6.31. The predicted molar refractivity (Wildman–Crippen MR) is 149 cm³/mol. The van der Waals surface area contributed by atoms with E-state index in [1.54, 1.807) is 18.3 Å². The summed E-state index contributed by atoms with van der Waals surface area (Å²) >= 11 is 6.17. The van der Waals surface area contributed by atoms with Gasteiger partial charge in [-0.15, -0.1) is 0 Å². The van der Waals surface area contributed by atoms with Gasteiger partial charge in [-0.05, 0) is 66.6 Å². The number of carbonyl (C=O) groups excluding carboxylic acids is 1. The molecule has 0 unspecified atom stereocenters. The molecule has 0 spiro atoms. The van der Waals surface area contributed by atoms with Crippen LogP contribution in [0.15, 0.2) is 66.9 Å². The molecule has 1 heterocycles. The SMILES string of the molecule is CCCCCCC(=O)c1cnc2ccc(-c3ccc(O)c(Cl)c3)cc2c1Nc1ccc(CNC)cc1. The molecule has 0 saturated carbocycles. The molecule has 5 nitrogen and oxygen atoms in total. The lowest BCUT2D eigenvalue weighted by molar-refractivity contribution is 0.0979.